The van der Waals surface area contributed by atoms with Gasteiger partial charge in [-0.05, 0) is 34.0 Å². The number of carbonyl (C=O) groups is 1. The molecule has 3 rings (SSSR count). The number of rotatable bonds is 2. The number of aromatic carboxylic acids is 1. The normalized spacial score (nSPS) is 11.5. The highest BCUT2D eigenvalue weighted by molar-refractivity contribution is 5.99. The number of fused-ring (bicyclic) bond motifs is 3. The summed E-state index contributed by atoms with van der Waals surface area (Å²) in [5.41, 5.74) is 2.35. The Kier molecular flexibility index (Phi) is 2.45. The van der Waals surface area contributed by atoms with Gasteiger partial charge in [0.25, 0.3) is 0 Å². The van der Waals surface area contributed by atoms with Gasteiger partial charge < -0.3 is 5.11 Å². The lowest BCUT2D eigenvalue weighted by Crippen LogP contribution is -2.03. The summed E-state index contributed by atoms with van der Waals surface area (Å²) in [6.07, 6.45) is 0. The second kappa shape index (κ2) is 4.01. The molecule has 0 saturated heterocycles. The lowest BCUT2D eigenvalue weighted by atomic mass is 10.0. The molecule has 0 atom stereocenters. The van der Waals surface area contributed by atoms with Crippen molar-refractivity contribution in [2.75, 3.05) is 0 Å². The lowest BCUT2D eigenvalue weighted by Gasteiger charge is -2.08. The number of benzene rings is 1. The second-order valence-corrected chi connectivity index (χ2v) is 4.75. The monoisotopic (exact) mass is 256 g/mol. The minimum atomic E-state index is -1.03. The van der Waals surface area contributed by atoms with E-state index >= 15 is 0 Å². The van der Waals surface area contributed by atoms with Crippen LogP contribution in [0.2, 0.25) is 0 Å². The molecule has 1 aromatic carbocycles. The molecule has 2 heterocycles. The van der Waals surface area contributed by atoms with Crippen molar-refractivity contribution < 1.29 is 9.90 Å². The van der Waals surface area contributed by atoms with E-state index in [2.05, 4.69) is 29.4 Å². The molecular formula is C13H12N4O2. The van der Waals surface area contributed by atoms with Gasteiger partial charge in [-0.1, -0.05) is 26.0 Å². The van der Waals surface area contributed by atoms with Crippen LogP contribution in [0.5, 0.6) is 0 Å². The van der Waals surface area contributed by atoms with E-state index in [0.717, 1.165) is 16.5 Å². The van der Waals surface area contributed by atoms with Gasteiger partial charge in [0.15, 0.2) is 5.65 Å². The smallest absolute Gasteiger partial charge is 0.339 e. The fourth-order valence-corrected chi connectivity index (χ4v) is 2.12. The Labute approximate surface area is 108 Å². The molecule has 0 fully saturated rings. The summed E-state index contributed by atoms with van der Waals surface area (Å²) in [6.45, 7) is 4.20. The molecule has 0 aliphatic rings. The average Bonchev–Trinajstić information content (AvgIpc) is 2.86. The molecule has 0 spiro atoms. The largest absolute Gasteiger partial charge is 0.478 e. The molecule has 0 bridgehead atoms. The van der Waals surface area contributed by atoms with Gasteiger partial charge in [0, 0.05) is 5.39 Å². The number of hydrogen-bond donors (Lipinski definition) is 1. The third-order valence-corrected chi connectivity index (χ3v) is 3.19. The average molecular weight is 256 g/mol. The highest BCUT2D eigenvalue weighted by Gasteiger charge is 2.15. The third-order valence-electron chi connectivity index (χ3n) is 3.19. The van der Waals surface area contributed by atoms with Crippen LogP contribution in [0.3, 0.4) is 0 Å². The number of hydrogen-bond acceptors (Lipinski definition) is 4. The summed E-state index contributed by atoms with van der Waals surface area (Å²) in [4.78, 5) is 11.2. The van der Waals surface area contributed by atoms with E-state index < -0.39 is 5.97 Å². The number of aromatic nitrogens is 4. The van der Waals surface area contributed by atoms with Crippen molar-refractivity contribution in [2.45, 2.75) is 19.8 Å². The van der Waals surface area contributed by atoms with Crippen LogP contribution < -0.4 is 0 Å². The zero-order valence-electron chi connectivity index (χ0n) is 10.5. The van der Waals surface area contributed by atoms with Gasteiger partial charge >= 0.3 is 5.97 Å². The van der Waals surface area contributed by atoms with Crippen molar-refractivity contribution in [3.8, 4) is 0 Å². The fraction of sp³-hybridized carbons (Fsp3) is 0.231. The zero-order chi connectivity index (χ0) is 13.6. The minimum Gasteiger partial charge on any atom is -0.478 e. The molecule has 0 aliphatic heterocycles. The number of tetrazole rings is 1. The number of nitrogens with zero attached hydrogens (tertiary/aromatic N) is 4. The minimum absolute atomic E-state index is 0.106. The molecule has 6 heteroatoms. The van der Waals surface area contributed by atoms with E-state index in [1.165, 1.54) is 4.52 Å². The highest BCUT2D eigenvalue weighted by atomic mass is 16.4. The summed E-state index contributed by atoms with van der Waals surface area (Å²) in [5.74, 6) is -0.648. The Hall–Kier alpha value is -2.50. The topological polar surface area (TPSA) is 80.4 Å². The van der Waals surface area contributed by atoms with Gasteiger partial charge in [-0.25, -0.2) is 4.79 Å². The van der Waals surface area contributed by atoms with Crippen molar-refractivity contribution in [1.29, 1.82) is 0 Å². The van der Waals surface area contributed by atoms with Gasteiger partial charge in [0.05, 0.1) is 5.52 Å². The van der Waals surface area contributed by atoms with Crippen LogP contribution in [-0.2, 0) is 0 Å². The quantitative estimate of drug-likeness (QED) is 0.759. The molecule has 19 heavy (non-hydrogen) atoms. The van der Waals surface area contributed by atoms with Crippen LogP contribution in [0, 0.1) is 0 Å². The van der Waals surface area contributed by atoms with Crippen molar-refractivity contribution in [3.63, 3.8) is 0 Å². The maximum absolute atomic E-state index is 11.2. The molecule has 0 aliphatic carbocycles. The van der Waals surface area contributed by atoms with Crippen LogP contribution in [0.15, 0.2) is 24.3 Å². The van der Waals surface area contributed by atoms with Gasteiger partial charge in [0.1, 0.15) is 5.56 Å². The Bertz CT molecular complexity index is 792. The molecule has 96 valence electrons. The van der Waals surface area contributed by atoms with Crippen molar-refractivity contribution in [1.82, 2.24) is 20.0 Å². The Morgan fingerprint density at radius 2 is 2.11 bits per heavy atom. The van der Waals surface area contributed by atoms with Crippen molar-refractivity contribution in [2.24, 2.45) is 0 Å². The summed E-state index contributed by atoms with van der Waals surface area (Å²) in [5, 5.41) is 21.2. The first-order valence-electron chi connectivity index (χ1n) is 5.96. The molecule has 0 unspecified atom stereocenters. The second-order valence-electron chi connectivity index (χ2n) is 4.75. The van der Waals surface area contributed by atoms with Crippen LogP contribution >= 0.6 is 0 Å². The molecule has 6 nitrogen and oxygen atoms in total. The Morgan fingerprint density at radius 1 is 1.32 bits per heavy atom. The number of carboxylic acids is 1. The lowest BCUT2D eigenvalue weighted by molar-refractivity contribution is 0.0698. The first-order valence-corrected chi connectivity index (χ1v) is 5.96. The SMILES string of the molecule is CC(C)c1ccc2cc(C(=O)O)c3nnnn3c2c1. The Morgan fingerprint density at radius 3 is 2.79 bits per heavy atom. The fourth-order valence-electron chi connectivity index (χ4n) is 2.12. The first-order chi connectivity index (χ1) is 9.08. The predicted molar refractivity (Wildman–Crippen MR) is 69.3 cm³/mol. The zero-order valence-corrected chi connectivity index (χ0v) is 10.5. The van der Waals surface area contributed by atoms with Gasteiger partial charge in [-0.3, -0.25) is 0 Å². The molecule has 0 saturated carbocycles. The van der Waals surface area contributed by atoms with Gasteiger partial charge in [0.2, 0.25) is 0 Å². The predicted octanol–water partition coefficient (Wildman–Crippen LogP) is 2.10. The summed E-state index contributed by atoms with van der Waals surface area (Å²) in [7, 11) is 0. The summed E-state index contributed by atoms with van der Waals surface area (Å²) in [6, 6.07) is 7.50. The third kappa shape index (κ3) is 1.72. The van der Waals surface area contributed by atoms with E-state index in [0.29, 0.717) is 5.92 Å². The summed E-state index contributed by atoms with van der Waals surface area (Å²) < 4.78 is 1.48. The van der Waals surface area contributed by atoms with Crippen molar-refractivity contribution in [3.05, 3.63) is 35.4 Å². The van der Waals surface area contributed by atoms with Crippen molar-refractivity contribution >= 4 is 22.5 Å². The molecule has 0 amide bonds. The van der Waals surface area contributed by atoms with Crippen LogP contribution in [0.25, 0.3) is 16.6 Å². The van der Waals surface area contributed by atoms with E-state index in [1.54, 1.807) is 6.07 Å². The highest BCUT2D eigenvalue weighted by Crippen LogP contribution is 2.23. The van der Waals surface area contributed by atoms with Crippen LogP contribution in [-0.4, -0.2) is 31.1 Å². The van der Waals surface area contributed by atoms with E-state index in [4.69, 9.17) is 0 Å². The molecule has 0 radical (unpaired) electrons. The van der Waals surface area contributed by atoms with Crippen LogP contribution in [0.4, 0.5) is 0 Å². The van der Waals surface area contributed by atoms with E-state index in [-0.39, 0.29) is 11.2 Å². The number of carboxylic acid groups (broad SMARTS) is 1. The standard InChI is InChI=1S/C13H12N4O2/c1-7(2)8-3-4-9-5-10(13(18)19)12-14-15-16-17(12)11(9)6-8/h3-7H,1-2H3,(H,18,19). The molecule has 3 aromatic rings. The molecule has 2 aromatic heterocycles. The van der Waals surface area contributed by atoms with Crippen LogP contribution in [0.1, 0.15) is 35.7 Å². The van der Waals surface area contributed by atoms with E-state index in [9.17, 15) is 9.90 Å². The number of pyridine rings is 1. The molecular weight excluding hydrogens is 244 g/mol. The first kappa shape index (κ1) is 11.6. The van der Waals surface area contributed by atoms with Gasteiger partial charge in [-0.15, -0.1) is 5.10 Å². The Balaban J connectivity index is 2.43. The maximum atomic E-state index is 11.2. The maximum Gasteiger partial charge on any atom is 0.339 e. The van der Waals surface area contributed by atoms with E-state index in [1.807, 2.05) is 18.2 Å². The summed E-state index contributed by atoms with van der Waals surface area (Å²) >= 11 is 0. The van der Waals surface area contributed by atoms with Gasteiger partial charge in [-0.2, -0.15) is 4.52 Å². The molecule has 1 N–H and O–H groups in total.